The first-order valence-corrected chi connectivity index (χ1v) is 9.83. The van der Waals surface area contributed by atoms with E-state index in [9.17, 15) is 15.6 Å². The molecule has 0 bridgehead atoms. The smallest absolute Gasteiger partial charge is 0.200 e. The number of nitrogens with two attached hydrogens (primary N) is 1. The molecule has 0 amide bonds. The Hall–Kier alpha value is -3.14. The van der Waals surface area contributed by atoms with Gasteiger partial charge in [-0.2, -0.15) is 10.5 Å². The van der Waals surface area contributed by atoms with Crippen molar-refractivity contribution in [2.75, 3.05) is 32.3 Å². The minimum absolute atomic E-state index is 0.0102. The molecule has 1 aromatic carbocycles. The third-order valence-electron chi connectivity index (χ3n) is 3.73. The number of nitriles is 2. The highest BCUT2D eigenvalue weighted by atomic mass is 32.2. The number of phenols is 1. The highest BCUT2D eigenvalue weighted by molar-refractivity contribution is 7.99. The van der Waals surface area contributed by atoms with Gasteiger partial charge in [-0.05, 0) is 24.1 Å². The van der Waals surface area contributed by atoms with Gasteiger partial charge in [-0.15, -0.1) is 11.8 Å². The minimum atomic E-state index is -0.194. The molecule has 0 atom stereocenters. The summed E-state index contributed by atoms with van der Waals surface area (Å²) in [5.74, 6) is 0.582. The second-order valence-electron chi connectivity index (χ2n) is 5.31. The molecular weight excluding hydrogens is 392 g/mol. The van der Waals surface area contributed by atoms with E-state index in [2.05, 4.69) is 11.1 Å². The van der Waals surface area contributed by atoms with Crippen LogP contribution in [-0.2, 0) is 0 Å². The van der Waals surface area contributed by atoms with Crippen LogP contribution in [0, 0.1) is 22.7 Å². The number of anilines is 1. The van der Waals surface area contributed by atoms with E-state index in [0.717, 1.165) is 0 Å². The molecule has 0 radical (unpaired) electrons. The van der Waals surface area contributed by atoms with Crippen LogP contribution in [-0.4, -0.2) is 41.8 Å². The summed E-state index contributed by atoms with van der Waals surface area (Å²) < 4.78 is 10.3. The number of ether oxygens (including phenoxy) is 2. The van der Waals surface area contributed by atoms with Crippen molar-refractivity contribution < 1.29 is 19.7 Å². The predicted octanol–water partition coefficient (Wildman–Crippen LogP) is 3.30. The van der Waals surface area contributed by atoms with Gasteiger partial charge in [0.2, 0.25) is 5.75 Å². The molecule has 9 heteroatoms. The molecule has 0 aliphatic carbocycles. The van der Waals surface area contributed by atoms with E-state index >= 15 is 0 Å². The highest BCUT2D eigenvalue weighted by Crippen LogP contribution is 2.43. The average molecular weight is 417 g/mol. The Bertz CT molecular complexity index is 911. The Kier molecular flexibility index (Phi) is 9.60. The number of thioether (sulfide) groups is 1. The molecule has 29 heavy (non-hydrogen) atoms. The van der Waals surface area contributed by atoms with E-state index in [-0.39, 0.29) is 46.4 Å². The number of aliphatic hydroxyl groups is 1. The number of aromatic nitrogens is 1. The maximum atomic E-state index is 10.1. The van der Waals surface area contributed by atoms with Crippen molar-refractivity contribution >= 4 is 17.6 Å². The van der Waals surface area contributed by atoms with Crippen LogP contribution in [0.4, 0.5) is 5.82 Å². The number of pyridine rings is 1. The molecule has 0 spiro atoms. The Morgan fingerprint density at radius 2 is 1.66 bits per heavy atom. The summed E-state index contributed by atoms with van der Waals surface area (Å²) >= 11 is 1.27. The molecule has 1 aromatic heterocycles. The molecule has 0 saturated heterocycles. The quantitative estimate of drug-likeness (QED) is 0.457. The lowest BCUT2D eigenvalue weighted by Gasteiger charge is -2.15. The van der Waals surface area contributed by atoms with Crippen molar-refractivity contribution in [3.63, 3.8) is 0 Å². The molecule has 8 nitrogen and oxygen atoms in total. The molecule has 4 N–H and O–H groups in total. The second kappa shape index (κ2) is 11.6. The van der Waals surface area contributed by atoms with E-state index in [1.165, 1.54) is 38.1 Å². The van der Waals surface area contributed by atoms with Gasteiger partial charge in [0.15, 0.2) is 11.5 Å². The summed E-state index contributed by atoms with van der Waals surface area (Å²) in [6.07, 6.45) is 0.521. The van der Waals surface area contributed by atoms with Crippen molar-refractivity contribution in [2.24, 2.45) is 0 Å². The number of methoxy groups -OCH3 is 2. The maximum absolute atomic E-state index is 10.1. The lowest BCUT2D eigenvalue weighted by Crippen LogP contribution is -2.04. The van der Waals surface area contributed by atoms with E-state index in [0.29, 0.717) is 22.8 Å². The number of aromatic hydroxyl groups is 1. The number of hydrogen-bond donors (Lipinski definition) is 3. The summed E-state index contributed by atoms with van der Waals surface area (Å²) in [5.41, 5.74) is 6.89. The molecule has 154 valence electrons. The number of rotatable bonds is 7. The lowest BCUT2D eigenvalue weighted by molar-refractivity contribution is 0.296. The highest BCUT2D eigenvalue weighted by Gasteiger charge is 2.23. The fourth-order valence-corrected chi connectivity index (χ4v) is 3.38. The van der Waals surface area contributed by atoms with E-state index in [1.54, 1.807) is 0 Å². The van der Waals surface area contributed by atoms with Crippen LogP contribution in [0.15, 0.2) is 17.2 Å². The first-order chi connectivity index (χ1) is 14.0. The fraction of sp³-hybridized carbons (Fsp3) is 0.350. The topological polar surface area (TPSA) is 145 Å². The van der Waals surface area contributed by atoms with Gasteiger partial charge < -0.3 is 25.4 Å². The van der Waals surface area contributed by atoms with Crippen LogP contribution < -0.4 is 15.2 Å². The van der Waals surface area contributed by atoms with E-state index < -0.39 is 0 Å². The number of benzene rings is 1. The molecule has 0 unspecified atom stereocenters. The van der Waals surface area contributed by atoms with Crippen molar-refractivity contribution in [3.05, 3.63) is 23.3 Å². The van der Waals surface area contributed by atoms with Crippen molar-refractivity contribution in [1.29, 1.82) is 10.5 Å². The first-order valence-electron chi connectivity index (χ1n) is 8.85. The number of hydrogen-bond acceptors (Lipinski definition) is 9. The van der Waals surface area contributed by atoms with Gasteiger partial charge in [-0.1, -0.05) is 13.8 Å². The molecule has 0 aliphatic rings. The van der Waals surface area contributed by atoms with Gasteiger partial charge >= 0.3 is 0 Å². The SMILES string of the molecule is CC.COc1cc(-c2c(C#N)c(N)nc(SCCCO)c2C#N)cc(OC)c1O. The second-order valence-corrected chi connectivity index (χ2v) is 6.39. The number of nitrogen functional groups attached to an aromatic ring is 1. The van der Waals surface area contributed by atoms with E-state index in [4.69, 9.17) is 20.3 Å². The number of phenolic OH excluding ortho intramolecular Hbond substituents is 1. The zero-order valence-corrected chi connectivity index (χ0v) is 17.6. The Morgan fingerprint density at radius 3 is 2.10 bits per heavy atom. The van der Waals surface area contributed by atoms with Crippen molar-refractivity contribution in [2.45, 2.75) is 25.3 Å². The molecule has 2 aromatic rings. The summed E-state index contributed by atoms with van der Waals surface area (Å²) in [7, 11) is 2.76. The number of aliphatic hydroxyl groups excluding tert-OH is 1. The Morgan fingerprint density at radius 1 is 1.10 bits per heavy atom. The minimum Gasteiger partial charge on any atom is -0.502 e. The third-order valence-corrected chi connectivity index (χ3v) is 4.79. The van der Waals surface area contributed by atoms with E-state index in [1.807, 2.05) is 19.9 Å². The normalized spacial score (nSPS) is 9.62. The van der Waals surface area contributed by atoms with Crippen LogP contribution in [0.25, 0.3) is 11.1 Å². The first kappa shape index (κ1) is 23.9. The summed E-state index contributed by atoms with van der Waals surface area (Å²) in [6.45, 7) is 4.01. The van der Waals surface area contributed by atoms with Crippen molar-refractivity contribution in [3.8, 4) is 40.5 Å². The Balaban J connectivity index is 0.00000204. The molecule has 0 aliphatic heterocycles. The van der Waals surface area contributed by atoms with Gasteiger partial charge in [-0.25, -0.2) is 4.98 Å². The van der Waals surface area contributed by atoms with Gasteiger partial charge in [0.1, 0.15) is 28.5 Å². The average Bonchev–Trinajstić information content (AvgIpc) is 2.75. The van der Waals surface area contributed by atoms with Crippen LogP contribution in [0.5, 0.6) is 17.2 Å². The number of nitrogens with zero attached hydrogens (tertiary/aromatic N) is 3. The maximum Gasteiger partial charge on any atom is 0.200 e. The largest absolute Gasteiger partial charge is 0.502 e. The zero-order valence-electron chi connectivity index (χ0n) is 16.8. The molecule has 2 rings (SSSR count). The third kappa shape index (κ3) is 5.23. The lowest BCUT2D eigenvalue weighted by atomic mass is 9.96. The predicted molar refractivity (Wildman–Crippen MR) is 112 cm³/mol. The molecule has 1 heterocycles. The van der Waals surface area contributed by atoms with Gasteiger partial charge in [0, 0.05) is 17.9 Å². The van der Waals surface area contributed by atoms with Crippen LogP contribution >= 0.6 is 11.8 Å². The van der Waals surface area contributed by atoms with Gasteiger partial charge in [-0.3, -0.25) is 0 Å². The molecular formula is C20H24N4O4S. The van der Waals surface area contributed by atoms with Crippen LogP contribution in [0.2, 0.25) is 0 Å². The summed E-state index contributed by atoms with van der Waals surface area (Å²) in [5, 5.41) is 38.7. The van der Waals surface area contributed by atoms with Crippen molar-refractivity contribution in [1.82, 2.24) is 4.98 Å². The fourth-order valence-electron chi connectivity index (χ4n) is 2.46. The monoisotopic (exact) mass is 416 g/mol. The standard InChI is InChI=1S/C18H18N4O4S.C2H6/c1-25-13-6-10(7-14(26-2)16(13)24)15-11(8-19)17(21)22-18(12(15)9-20)27-5-3-4-23;1-2/h6-7,23-24H,3-5H2,1-2H3,(H2,21,22);1-2H3. The Labute approximate surface area is 174 Å². The summed E-state index contributed by atoms with van der Waals surface area (Å²) in [6, 6.07) is 7.07. The molecule has 0 fully saturated rings. The van der Waals surface area contributed by atoms with Crippen LogP contribution in [0.1, 0.15) is 31.4 Å². The van der Waals surface area contributed by atoms with Gasteiger partial charge in [0.25, 0.3) is 0 Å². The summed E-state index contributed by atoms with van der Waals surface area (Å²) in [4.78, 5) is 4.18. The van der Waals surface area contributed by atoms with Gasteiger partial charge in [0.05, 0.1) is 19.8 Å². The van der Waals surface area contributed by atoms with Crippen LogP contribution in [0.3, 0.4) is 0 Å². The molecule has 0 saturated carbocycles. The zero-order chi connectivity index (χ0) is 22.0.